The van der Waals surface area contributed by atoms with Crippen molar-refractivity contribution in [2.24, 2.45) is 5.73 Å². The number of anilines is 2. The number of aryl methyl sites for hydroxylation is 1. The van der Waals surface area contributed by atoms with Gasteiger partial charge in [-0.1, -0.05) is 15.9 Å². The zero-order chi connectivity index (χ0) is 17.3. The van der Waals surface area contributed by atoms with Gasteiger partial charge in [0.25, 0.3) is 5.91 Å². The van der Waals surface area contributed by atoms with Gasteiger partial charge in [0.05, 0.1) is 12.4 Å². The van der Waals surface area contributed by atoms with E-state index in [1.807, 2.05) is 25.1 Å². The summed E-state index contributed by atoms with van der Waals surface area (Å²) in [6.07, 6.45) is 3.39. The number of primary amides is 1. The Kier molecular flexibility index (Phi) is 4.48. The first-order valence-electron chi connectivity index (χ1n) is 7.41. The zero-order valence-electron chi connectivity index (χ0n) is 13.0. The Hall–Kier alpha value is -2.48. The highest BCUT2D eigenvalue weighted by Gasteiger charge is 2.33. The molecule has 2 amide bonds. The summed E-state index contributed by atoms with van der Waals surface area (Å²) in [4.78, 5) is 33.5. The number of rotatable bonds is 4. The van der Waals surface area contributed by atoms with Crippen LogP contribution in [0, 0.1) is 6.92 Å². The van der Waals surface area contributed by atoms with Gasteiger partial charge in [0.15, 0.2) is 0 Å². The minimum absolute atomic E-state index is 0.0389. The Morgan fingerprint density at radius 3 is 2.92 bits per heavy atom. The Balaban J connectivity index is 1.75. The Morgan fingerprint density at radius 1 is 1.42 bits per heavy atom. The predicted octanol–water partition coefficient (Wildman–Crippen LogP) is 1.86. The van der Waals surface area contributed by atoms with Gasteiger partial charge in [-0.2, -0.15) is 0 Å². The standard InChI is InChI=1S/C16H16BrN5O2/c1-9-6-10(2-3-11(9)17)22-5-4-12(16(22)24)20-14-8-19-7-13(21-14)15(18)23/h2-3,6-8,12H,4-5H2,1H3,(H2,18,23)(H,20,21). The molecule has 1 fully saturated rings. The maximum absolute atomic E-state index is 12.6. The van der Waals surface area contributed by atoms with Gasteiger partial charge in [0, 0.05) is 16.7 Å². The second kappa shape index (κ2) is 6.56. The molecule has 1 aromatic carbocycles. The summed E-state index contributed by atoms with van der Waals surface area (Å²) in [5, 5.41) is 3.03. The van der Waals surface area contributed by atoms with Gasteiger partial charge in [-0.15, -0.1) is 0 Å². The molecule has 1 unspecified atom stereocenters. The molecule has 1 atom stereocenters. The molecule has 3 rings (SSSR count). The average Bonchev–Trinajstić information content (AvgIpc) is 2.91. The van der Waals surface area contributed by atoms with E-state index < -0.39 is 11.9 Å². The minimum Gasteiger partial charge on any atom is -0.364 e. The lowest BCUT2D eigenvalue weighted by Crippen LogP contribution is -2.33. The molecule has 124 valence electrons. The Bertz CT molecular complexity index is 811. The van der Waals surface area contributed by atoms with E-state index in [1.165, 1.54) is 12.4 Å². The van der Waals surface area contributed by atoms with Crippen LogP contribution in [-0.4, -0.2) is 34.4 Å². The molecule has 1 aromatic heterocycles. The third kappa shape index (κ3) is 3.23. The van der Waals surface area contributed by atoms with Gasteiger partial charge in [0.1, 0.15) is 17.6 Å². The Morgan fingerprint density at radius 2 is 2.21 bits per heavy atom. The molecule has 0 spiro atoms. The third-order valence-electron chi connectivity index (χ3n) is 3.87. The number of benzene rings is 1. The van der Waals surface area contributed by atoms with Gasteiger partial charge in [-0.05, 0) is 37.1 Å². The van der Waals surface area contributed by atoms with Crippen LogP contribution in [0.1, 0.15) is 22.5 Å². The lowest BCUT2D eigenvalue weighted by Gasteiger charge is -2.18. The first kappa shape index (κ1) is 16.4. The second-order valence-electron chi connectivity index (χ2n) is 5.56. The van der Waals surface area contributed by atoms with Crippen molar-refractivity contribution < 1.29 is 9.59 Å². The van der Waals surface area contributed by atoms with E-state index in [0.29, 0.717) is 18.8 Å². The summed E-state index contributed by atoms with van der Waals surface area (Å²) in [7, 11) is 0. The van der Waals surface area contributed by atoms with Crippen LogP contribution >= 0.6 is 15.9 Å². The normalized spacial score (nSPS) is 17.2. The third-order valence-corrected chi connectivity index (χ3v) is 4.76. The molecule has 0 saturated carbocycles. The highest BCUT2D eigenvalue weighted by molar-refractivity contribution is 9.10. The number of carbonyl (C=O) groups is 2. The summed E-state index contributed by atoms with van der Waals surface area (Å²) in [5.74, 6) is -0.336. The molecule has 24 heavy (non-hydrogen) atoms. The summed E-state index contributed by atoms with van der Waals surface area (Å²) < 4.78 is 1.01. The first-order valence-corrected chi connectivity index (χ1v) is 8.21. The van der Waals surface area contributed by atoms with Gasteiger partial charge in [-0.25, -0.2) is 4.98 Å². The lowest BCUT2D eigenvalue weighted by atomic mass is 10.2. The van der Waals surface area contributed by atoms with Gasteiger partial charge < -0.3 is 16.0 Å². The molecule has 3 N–H and O–H groups in total. The molecule has 2 heterocycles. The van der Waals surface area contributed by atoms with Gasteiger partial charge in [0.2, 0.25) is 5.91 Å². The van der Waals surface area contributed by atoms with Gasteiger partial charge in [-0.3, -0.25) is 14.6 Å². The number of amides is 2. The number of nitrogens with zero attached hydrogens (tertiary/aromatic N) is 3. The van der Waals surface area contributed by atoms with Crippen molar-refractivity contribution >= 4 is 39.2 Å². The number of hydrogen-bond acceptors (Lipinski definition) is 5. The smallest absolute Gasteiger partial charge is 0.268 e. The van der Waals surface area contributed by atoms with E-state index in [4.69, 9.17) is 5.73 Å². The maximum Gasteiger partial charge on any atom is 0.268 e. The fourth-order valence-corrected chi connectivity index (χ4v) is 2.85. The van der Waals surface area contributed by atoms with Crippen molar-refractivity contribution in [2.45, 2.75) is 19.4 Å². The number of carbonyl (C=O) groups excluding carboxylic acids is 2. The van der Waals surface area contributed by atoms with Crippen LogP contribution in [0.15, 0.2) is 35.1 Å². The maximum atomic E-state index is 12.6. The average molecular weight is 390 g/mol. The van der Waals surface area contributed by atoms with Crippen LogP contribution in [0.4, 0.5) is 11.5 Å². The van der Waals surface area contributed by atoms with Crippen LogP contribution in [-0.2, 0) is 4.79 Å². The highest BCUT2D eigenvalue weighted by Crippen LogP contribution is 2.27. The van der Waals surface area contributed by atoms with Crippen LogP contribution in [0.5, 0.6) is 0 Å². The molecule has 1 aliphatic rings. The van der Waals surface area contributed by atoms with Crippen molar-refractivity contribution in [1.82, 2.24) is 9.97 Å². The predicted molar refractivity (Wildman–Crippen MR) is 93.8 cm³/mol. The fourth-order valence-electron chi connectivity index (χ4n) is 2.60. The summed E-state index contributed by atoms with van der Waals surface area (Å²) in [5.41, 5.74) is 7.18. The highest BCUT2D eigenvalue weighted by atomic mass is 79.9. The van der Waals surface area contributed by atoms with E-state index in [0.717, 1.165) is 15.7 Å². The molecule has 8 heteroatoms. The summed E-state index contributed by atoms with van der Waals surface area (Å²) >= 11 is 3.46. The zero-order valence-corrected chi connectivity index (χ0v) is 14.6. The number of aromatic nitrogens is 2. The van der Waals surface area contributed by atoms with E-state index in [2.05, 4.69) is 31.2 Å². The van der Waals surface area contributed by atoms with Crippen molar-refractivity contribution in [3.8, 4) is 0 Å². The summed E-state index contributed by atoms with van der Waals surface area (Å²) in [6, 6.07) is 5.40. The number of hydrogen-bond donors (Lipinski definition) is 2. The number of nitrogens with two attached hydrogens (primary N) is 1. The number of nitrogens with one attached hydrogen (secondary N) is 1. The van der Waals surface area contributed by atoms with Crippen molar-refractivity contribution in [2.75, 3.05) is 16.8 Å². The topological polar surface area (TPSA) is 101 Å². The second-order valence-corrected chi connectivity index (χ2v) is 6.42. The van der Waals surface area contributed by atoms with Gasteiger partial charge >= 0.3 is 0 Å². The first-order chi connectivity index (χ1) is 11.5. The van der Waals surface area contributed by atoms with E-state index in [1.54, 1.807) is 4.90 Å². The quantitative estimate of drug-likeness (QED) is 0.830. The van der Waals surface area contributed by atoms with E-state index >= 15 is 0 Å². The van der Waals surface area contributed by atoms with Crippen LogP contribution in [0.2, 0.25) is 0 Å². The number of halogens is 1. The Labute approximate surface area is 147 Å². The molecule has 0 bridgehead atoms. The van der Waals surface area contributed by atoms with E-state index in [-0.39, 0.29) is 11.6 Å². The molecule has 0 aliphatic carbocycles. The molecule has 2 aromatic rings. The SMILES string of the molecule is Cc1cc(N2CCC(Nc3cncc(C(N)=O)n3)C2=O)ccc1Br. The molecule has 7 nitrogen and oxygen atoms in total. The van der Waals surface area contributed by atoms with Crippen molar-refractivity contribution in [1.29, 1.82) is 0 Å². The molecular formula is C16H16BrN5O2. The van der Waals surface area contributed by atoms with Crippen LogP contribution in [0.25, 0.3) is 0 Å². The largest absolute Gasteiger partial charge is 0.364 e. The van der Waals surface area contributed by atoms with E-state index in [9.17, 15) is 9.59 Å². The molecule has 1 saturated heterocycles. The minimum atomic E-state index is -0.657. The fraction of sp³-hybridized carbons (Fsp3) is 0.250. The lowest BCUT2D eigenvalue weighted by molar-refractivity contribution is -0.117. The van der Waals surface area contributed by atoms with Crippen molar-refractivity contribution in [3.63, 3.8) is 0 Å². The monoisotopic (exact) mass is 389 g/mol. The molecular weight excluding hydrogens is 374 g/mol. The molecule has 0 radical (unpaired) electrons. The molecule has 1 aliphatic heterocycles. The van der Waals surface area contributed by atoms with Crippen molar-refractivity contribution in [3.05, 3.63) is 46.3 Å². The van der Waals surface area contributed by atoms with Crippen LogP contribution in [0.3, 0.4) is 0 Å². The van der Waals surface area contributed by atoms with Crippen LogP contribution < -0.4 is 16.0 Å². The summed E-state index contributed by atoms with van der Waals surface area (Å²) in [6.45, 7) is 2.59.